The molecule has 0 N–H and O–H groups in total. The molecule has 7 nitrogen and oxygen atoms in total. The van der Waals surface area contributed by atoms with Crippen LogP contribution in [0.25, 0.3) is 11.3 Å². The van der Waals surface area contributed by atoms with Crippen LogP contribution in [0.1, 0.15) is 0 Å². The molecule has 0 spiro atoms. The summed E-state index contributed by atoms with van der Waals surface area (Å²) >= 11 is 0. The molecule has 0 bridgehead atoms. The van der Waals surface area contributed by atoms with Crippen molar-refractivity contribution < 1.29 is 14.2 Å². The molecule has 0 radical (unpaired) electrons. The molecular weight excluding hydrogens is 356 g/mol. The van der Waals surface area contributed by atoms with Gasteiger partial charge in [-0.15, -0.1) is 0 Å². The maximum Gasteiger partial charge on any atom is 0.322 e. The van der Waals surface area contributed by atoms with Gasteiger partial charge in [0.25, 0.3) is 0 Å². The van der Waals surface area contributed by atoms with Crippen LogP contribution in [-0.2, 0) is 0 Å². The van der Waals surface area contributed by atoms with E-state index in [4.69, 9.17) is 14.2 Å². The van der Waals surface area contributed by atoms with Crippen LogP contribution >= 0.6 is 0 Å². The Labute approximate surface area is 161 Å². The third-order valence-electron chi connectivity index (χ3n) is 3.78. The molecule has 4 aromatic rings. The fourth-order valence-electron chi connectivity index (χ4n) is 2.40. The number of rotatable bonds is 6. The predicted octanol–water partition coefficient (Wildman–Crippen LogP) is 4.53. The van der Waals surface area contributed by atoms with Crippen molar-refractivity contribution in [2.24, 2.45) is 0 Å². The third kappa shape index (κ3) is 4.21. The average molecular weight is 372 g/mol. The van der Waals surface area contributed by atoms with Gasteiger partial charge in [0.05, 0.1) is 12.8 Å². The van der Waals surface area contributed by atoms with E-state index in [-0.39, 0.29) is 12.0 Å². The highest BCUT2D eigenvalue weighted by molar-refractivity contribution is 5.56. The first-order valence-corrected chi connectivity index (χ1v) is 8.50. The lowest BCUT2D eigenvalue weighted by atomic mass is 10.2. The average Bonchev–Trinajstić information content (AvgIpc) is 2.76. The van der Waals surface area contributed by atoms with Gasteiger partial charge in [-0.3, -0.25) is 0 Å². The highest BCUT2D eigenvalue weighted by Crippen LogP contribution is 2.24. The lowest BCUT2D eigenvalue weighted by Crippen LogP contribution is -1.95. The minimum absolute atomic E-state index is 0.240. The fourth-order valence-corrected chi connectivity index (χ4v) is 2.40. The van der Waals surface area contributed by atoms with Gasteiger partial charge in [0.2, 0.25) is 0 Å². The summed E-state index contributed by atoms with van der Waals surface area (Å²) < 4.78 is 16.4. The van der Waals surface area contributed by atoms with Crippen LogP contribution in [0.3, 0.4) is 0 Å². The van der Waals surface area contributed by atoms with Crippen molar-refractivity contribution in [1.82, 2.24) is 19.9 Å². The molecular formula is C21H16N4O3. The number of hydrogen-bond acceptors (Lipinski definition) is 7. The number of methoxy groups -OCH3 is 1. The number of ether oxygens (including phenoxy) is 3. The minimum atomic E-state index is 0.240. The molecule has 0 fully saturated rings. The summed E-state index contributed by atoms with van der Waals surface area (Å²) in [6.07, 6.45) is 4.91. The molecule has 0 aliphatic rings. The van der Waals surface area contributed by atoms with E-state index < -0.39 is 0 Å². The molecule has 28 heavy (non-hydrogen) atoms. The maximum absolute atomic E-state index is 5.66. The Bertz CT molecular complexity index is 1040. The van der Waals surface area contributed by atoms with Gasteiger partial charge in [0.15, 0.2) is 0 Å². The summed E-state index contributed by atoms with van der Waals surface area (Å²) in [6, 6.07) is 18.8. The van der Waals surface area contributed by atoms with Crippen molar-refractivity contribution in [3.8, 4) is 40.5 Å². The number of hydrogen-bond donors (Lipinski definition) is 0. The van der Waals surface area contributed by atoms with Crippen LogP contribution < -0.4 is 14.2 Å². The molecule has 0 saturated heterocycles. The topological polar surface area (TPSA) is 79.2 Å². The standard InChI is InChI=1S/C21H16N4O3/c1-26-16-7-9-18(10-8-16)27-20-23-13-15(14-24-20)19-11-12-22-21(25-19)28-17-5-3-2-4-6-17/h2-14H,1H3. The zero-order valence-corrected chi connectivity index (χ0v) is 15.0. The van der Waals surface area contributed by atoms with Gasteiger partial charge in [0.1, 0.15) is 17.2 Å². The largest absolute Gasteiger partial charge is 0.497 e. The Hall–Kier alpha value is -4.00. The van der Waals surface area contributed by atoms with E-state index in [9.17, 15) is 0 Å². The molecule has 0 atom stereocenters. The van der Waals surface area contributed by atoms with Crippen LogP contribution in [-0.4, -0.2) is 27.0 Å². The molecule has 0 saturated carbocycles. The van der Waals surface area contributed by atoms with Gasteiger partial charge >= 0.3 is 12.0 Å². The Balaban J connectivity index is 1.48. The summed E-state index contributed by atoms with van der Waals surface area (Å²) in [5.41, 5.74) is 1.37. The van der Waals surface area contributed by atoms with E-state index in [0.717, 1.165) is 11.3 Å². The smallest absolute Gasteiger partial charge is 0.322 e. The first-order chi connectivity index (χ1) is 13.8. The molecule has 2 aromatic heterocycles. The van der Waals surface area contributed by atoms with Crippen molar-refractivity contribution in [2.45, 2.75) is 0 Å². The molecule has 2 aromatic carbocycles. The van der Waals surface area contributed by atoms with E-state index >= 15 is 0 Å². The van der Waals surface area contributed by atoms with Crippen LogP contribution in [0, 0.1) is 0 Å². The van der Waals surface area contributed by atoms with Gasteiger partial charge in [-0.1, -0.05) is 18.2 Å². The van der Waals surface area contributed by atoms with E-state index in [1.165, 1.54) is 0 Å². The van der Waals surface area contributed by atoms with E-state index in [1.807, 2.05) is 30.3 Å². The first-order valence-electron chi connectivity index (χ1n) is 8.50. The van der Waals surface area contributed by atoms with Gasteiger partial charge < -0.3 is 14.2 Å². The second-order valence-electron chi connectivity index (χ2n) is 5.67. The zero-order chi connectivity index (χ0) is 19.2. The van der Waals surface area contributed by atoms with E-state index in [2.05, 4.69) is 19.9 Å². The highest BCUT2D eigenvalue weighted by Gasteiger charge is 2.07. The Morgan fingerprint density at radius 2 is 1.29 bits per heavy atom. The van der Waals surface area contributed by atoms with E-state index in [1.54, 1.807) is 56.0 Å². The van der Waals surface area contributed by atoms with Crippen molar-refractivity contribution in [3.05, 3.63) is 79.3 Å². The lowest BCUT2D eigenvalue weighted by molar-refractivity contribution is 0.410. The summed E-state index contributed by atoms with van der Waals surface area (Å²) in [4.78, 5) is 17.0. The summed E-state index contributed by atoms with van der Waals surface area (Å²) in [5, 5.41) is 0. The normalized spacial score (nSPS) is 10.3. The predicted molar refractivity (Wildman–Crippen MR) is 103 cm³/mol. The highest BCUT2D eigenvalue weighted by atomic mass is 16.5. The summed E-state index contributed by atoms with van der Waals surface area (Å²) in [7, 11) is 1.61. The molecule has 138 valence electrons. The number of para-hydroxylation sites is 1. The third-order valence-corrected chi connectivity index (χ3v) is 3.78. The number of benzene rings is 2. The van der Waals surface area contributed by atoms with Gasteiger partial charge in [0, 0.05) is 24.2 Å². The SMILES string of the molecule is COc1ccc(Oc2ncc(-c3ccnc(Oc4ccccc4)n3)cn2)cc1. The minimum Gasteiger partial charge on any atom is -0.497 e. The molecule has 2 heterocycles. The molecule has 4 rings (SSSR count). The van der Waals surface area contributed by atoms with Gasteiger partial charge in [-0.05, 0) is 42.5 Å². The Morgan fingerprint density at radius 3 is 2.00 bits per heavy atom. The quantitative estimate of drug-likeness (QED) is 0.492. The summed E-state index contributed by atoms with van der Waals surface area (Å²) in [5.74, 6) is 2.04. The second-order valence-corrected chi connectivity index (χ2v) is 5.67. The molecule has 0 unspecified atom stereocenters. The lowest BCUT2D eigenvalue weighted by Gasteiger charge is -2.07. The van der Waals surface area contributed by atoms with Crippen molar-refractivity contribution in [1.29, 1.82) is 0 Å². The first kappa shape index (κ1) is 17.4. The monoisotopic (exact) mass is 372 g/mol. The molecule has 0 aliphatic heterocycles. The zero-order valence-electron chi connectivity index (χ0n) is 15.0. The maximum atomic E-state index is 5.66. The van der Waals surface area contributed by atoms with Crippen LogP contribution in [0.5, 0.6) is 29.3 Å². The van der Waals surface area contributed by atoms with Crippen LogP contribution in [0.4, 0.5) is 0 Å². The Kier molecular flexibility index (Phi) is 5.06. The van der Waals surface area contributed by atoms with Crippen LogP contribution in [0.2, 0.25) is 0 Å². The van der Waals surface area contributed by atoms with Crippen molar-refractivity contribution >= 4 is 0 Å². The van der Waals surface area contributed by atoms with Gasteiger partial charge in [-0.2, -0.15) is 4.98 Å². The molecule has 0 aliphatic carbocycles. The second kappa shape index (κ2) is 8.13. The van der Waals surface area contributed by atoms with Gasteiger partial charge in [-0.25, -0.2) is 15.0 Å². The van der Waals surface area contributed by atoms with Crippen molar-refractivity contribution in [3.63, 3.8) is 0 Å². The fraction of sp³-hybridized carbons (Fsp3) is 0.0476. The number of nitrogens with zero attached hydrogens (tertiary/aromatic N) is 4. The van der Waals surface area contributed by atoms with E-state index in [0.29, 0.717) is 17.2 Å². The molecule has 0 amide bonds. The molecule has 7 heteroatoms. The summed E-state index contributed by atoms with van der Waals surface area (Å²) in [6.45, 7) is 0. The van der Waals surface area contributed by atoms with Crippen molar-refractivity contribution in [2.75, 3.05) is 7.11 Å². The Morgan fingerprint density at radius 1 is 0.643 bits per heavy atom. The number of aromatic nitrogens is 4. The van der Waals surface area contributed by atoms with Crippen LogP contribution in [0.15, 0.2) is 79.3 Å².